The summed E-state index contributed by atoms with van der Waals surface area (Å²) >= 11 is 0. The Balaban J connectivity index is 0.00000122. The van der Waals surface area contributed by atoms with Gasteiger partial charge in [0.15, 0.2) is 0 Å². The molecular formula is C29H39F3N2O5. The summed E-state index contributed by atoms with van der Waals surface area (Å²) in [7, 11) is 0. The van der Waals surface area contributed by atoms with Gasteiger partial charge in [0.05, 0.1) is 11.8 Å². The van der Waals surface area contributed by atoms with Gasteiger partial charge >= 0.3 is 18.4 Å². The second kappa shape index (κ2) is 15.4. The van der Waals surface area contributed by atoms with E-state index in [1.165, 1.54) is 50.0 Å². The van der Waals surface area contributed by atoms with Gasteiger partial charge in [-0.3, -0.25) is 4.90 Å². The molecule has 3 rings (SSSR count). The minimum absolute atomic E-state index is 0.177. The Morgan fingerprint density at radius 3 is 2.38 bits per heavy atom. The standard InChI is InChI=1S/C25H31F3N2O5.C4H8/c1-4-19(7-6-14-35-25(26,27)28)15-29(5-2)13-12-24(3)17-30(23(33)34-18-24)16-20-8-10-21(11-9-20)22(31)32;1-2-4-3-1/h4,6-11,14H,1,5,12-13,15-18H2,2-3H3,(H,31,32);1-4H2/b14-6-,19-7+;. The lowest BCUT2D eigenvalue weighted by Gasteiger charge is -2.40. The number of allylic oxidation sites excluding steroid dienone is 2. The summed E-state index contributed by atoms with van der Waals surface area (Å²) in [6.07, 6.45) is 6.46. The zero-order valence-electron chi connectivity index (χ0n) is 22.7. The summed E-state index contributed by atoms with van der Waals surface area (Å²) in [4.78, 5) is 27.1. The molecule has 2 fully saturated rings. The van der Waals surface area contributed by atoms with Gasteiger partial charge in [-0.25, -0.2) is 9.59 Å². The van der Waals surface area contributed by atoms with Crippen molar-refractivity contribution in [3.8, 4) is 0 Å². The molecule has 1 amide bonds. The molecule has 0 aromatic heterocycles. The van der Waals surface area contributed by atoms with Crippen LogP contribution in [-0.4, -0.2) is 66.1 Å². The highest BCUT2D eigenvalue weighted by Crippen LogP contribution is 2.29. The van der Waals surface area contributed by atoms with Crippen molar-refractivity contribution in [1.82, 2.24) is 9.80 Å². The third-order valence-corrected chi connectivity index (χ3v) is 6.69. The van der Waals surface area contributed by atoms with E-state index in [1.807, 2.05) is 13.8 Å². The van der Waals surface area contributed by atoms with E-state index in [0.29, 0.717) is 39.0 Å². The number of ether oxygens (including phenoxy) is 2. The number of nitrogens with zero attached hydrogens (tertiary/aromatic N) is 2. The maximum absolute atomic E-state index is 12.3. The van der Waals surface area contributed by atoms with E-state index in [1.54, 1.807) is 23.1 Å². The van der Waals surface area contributed by atoms with Crippen LogP contribution in [0.1, 0.15) is 61.9 Å². The topological polar surface area (TPSA) is 79.3 Å². The maximum atomic E-state index is 12.3. The molecule has 10 heteroatoms. The predicted octanol–water partition coefficient (Wildman–Crippen LogP) is 6.78. The summed E-state index contributed by atoms with van der Waals surface area (Å²) in [5.41, 5.74) is 1.41. The molecule has 1 aliphatic carbocycles. The van der Waals surface area contributed by atoms with Crippen LogP contribution in [0.4, 0.5) is 18.0 Å². The minimum Gasteiger partial charge on any atom is -0.478 e. The molecule has 0 spiro atoms. The summed E-state index contributed by atoms with van der Waals surface area (Å²) < 4.78 is 45.3. The Morgan fingerprint density at radius 2 is 1.87 bits per heavy atom. The Kier molecular flexibility index (Phi) is 12.6. The van der Waals surface area contributed by atoms with Crippen molar-refractivity contribution in [2.45, 2.75) is 58.9 Å². The fourth-order valence-corrected chi connectivity index (χ4v) is 3.89. The lowest BCUT2D eigenvalue weighted by atomic mass is 9.85. The van der Waals surface area contributed by atoms with Crippen molar-refractivity contribution in [3.05, 3.63) is 72.0 Å². The number of likely N-dealkylation sites (N-methyl/N-ethyl adjacent to an activating group) is 1. The molecule has 1 aromatic carbocycles. The highest BCUT2D eigenvalue weighted by molar-refractivity contribution is 5.87. The molecular weight excluding hydrogens is 513 g/mol. The van der Waals surface area contributed by atoms with E-state index in [0.717, 1.165) is 17.6 Å². The quantitative estimate of drug-likeness (QED) is 0.228. The van der Waals surface area contributed by atoms with Gasteiger partial charge in [-0.1, -0.05) is 70.4 Å². The fraction of sp³-hybridized carbons (Fsp3) is 0.517. The first-order valence-corrected chi connectivity index (χ1v) is 13.1. The summed E-state index contributed by atoms with van der Waals surface area (Å²) in [6.45, 7) is 10.7. The number of rotatable bonds is 12. The first-order chi connectivity index (χ1) is 18.4. The second-order valence-electron chi connectivity index (χ2n) is 10.1. The van der Waals surface area contributed by atoms with Gasteiger partial charge in [0.25, 0.3) is 0 Å². The average Bonchev–Trinajstić information content (AvgIpc) is 2.84. The van der Waals surface area contributed by atoms with E-state index in [-0.39, 0.29) is 17.6 Å². The SMILES string of the molecule is C1CCC1.C=C/C(=C\C=C/OC(F)(F)F)CN(CC)CCC1(C)COC(=O)N(Cc2ccc(C(=O)O)cc2)C1. The highest BCUT2D eigenvalue weighted by atomic mass is 19.4. The monoisotopic (exact) mass is 552 g/mol. The molecule has 1 saturated heterocycles. The van der Waals surface area contributed by atoms with Crippen molar-refractivity contribution in [1.29, 1.82) is 0 Å². The molecule has 0 radical (unpaired) electrons. The van der Waals surface area contributed by atoms with Crippen LogP contribution in [0.25, 0.3) is 0 Å². The Bertz CT molecular complexity index is 999. The number of hydrogen-bond acceptors (Lipinski definition) is 5. The molecule has 1 atom stereocenters. The Hall–Kier alpha value is -3.27. The van der Waals surface area contributed by atoms with Crippen molar-refractivity contribution in [2.24, 2.45) is 5.41 Å². The van der Waals surface area contributed by atoms with Crippen LogP contribution in [0.5, 0.6) is 0 Å². The van der Waals surface area contributed by atoms with Crippen molar-refractivity contribution in [3.63, 3.8) is 0 Å². The van der Waals surface area contributed by atoms with Gasteiger partial charge in [0.1, 0.15) is 6.61 Å². The van der Waals surface area contributed by atoms with Gasteiger partial charge in [-0.15, -0.1) is 13.2 Å². The zero-order chi connectivity index (χ0) is 28.9. The summed E-state index contributed by atoms with van der Waals surface area (Å²) in [5, 5.41) is 9.04. The molecule has 2 aliphatic rings. The van der Waals surface area contributed by atoms with Crippen molar-refractivity contribution < 1.29 is 37.3 Å². The molecule has 0 bridgehead atoms. The first kappa shape index (κ1) is 31.9. The van der Waals surface area contributed by atoms with Crippen LogP contribution < -0.4 is 0 Å². The molecule has 216 valence electrons. The molecule has 1 heterocycles. The summed E-state index contributed by atoms with van der Waals surface area (Å²) in [6, 6.07) is 6.36. The third-order valence-electron chi connectivity index (χ3n) is 6.69. The number of carboxylic acid groups (broad SMARTS) is 1. The molecule has 1 aliphatic heterocycles. The van der Waals surface area contributed by atoms with Crippen LogP contribution in [-0.2, 0) is 16.0 Å². The number of halogens is 3. The number of carbonyl (C=O) groups is 2. The Morgan fingerprint density at radius 1 is 1.23 bits per heavy atom. The van der Waals surface area contributed by atoms with Gasteiger partial charge in [0, 0.05) is 25.0 Å². The van der Waals surface area contributed by atoms with Crippen LogP contribution in [0.15, 0.2) is 60.9 Å². The molecule has 7 nitrogen and oxygen atoms in total. The molecule has 39 heavy (non-hydrogen) atoms. The van der Waals surface area contributed by atoms with Crippen LogP contribution in [0.2, 0.25) is 0 Å². The molecule has 1 unspecified atom stereocenters. The summed E-state index contributed by atoms with van der Waals surface area (Å²) in [5.74, 6) is -1.01. The number of benzene rings is 1. The van der Waals surface area contributed by atoms with E-state index in [4.69, 9.17) is 9.84 Å². The number of cyclic esters (lactones) is 1. The van der Waals surface area contributed by atoms with Crippen LogP contribution >= 0.6 is 0 Å². The number of carbonyl (C=O) groups excluding carboxylic acids is 1. The van der Waals surface area contributed by atoms with Crippen LogP contribution in [0, 0.1) is 5.41 Å². The zero-order valence-corrected chi connectivity index (χ0v) is 22.7. The third kappa shape index (κ3) is 12.0. The lowest BCUT2D eigenvalue weighted by Crippen LogP contribution is -2.49. The smallest absolute Gasteiger partial charge is 0.478 e. The number of alkyl halides is 3. The highest BCUT2D eigenvalue weighted by Gasteiger charge is 2.36. The van der Waals surface area contributed by atoms with E-state index >= 15 is 0 Å². The number of hydrogen-bond donors (Lipinski definition) is 1. The largest absolute Gasteiger partial charge is 0.572 e. The van der Waals surface area contributed by atoms with Gasteiger partial charge in [-0.2, -0.15) is 0 Å². The first-order valence-electron chi connectivity index (χ1n) is 13.1. The van der Waals surface area contributed by atoms with E-state index < -0.39 is 18.4 Å². The van der Waals surface area contributed by atoms with Gasteiger partial charge < -0.3 is 19.5 Å². The second-order valence-corrected chi connectivity index (χ2v) is 10.1. The Labute approximate surface area is 228 Å². The maximum Gasteiger partial charge on any atom is 0.572 e. The normalized spacial score (nSPS) is 19.7. The van der Waals surface area contributed by atoms with Crippen LogP contribution in [0.3, 0.4) is 0 Å². The molecule has 1 saturated carbocycles. The lowest BCUT2D eigenvalue weighted by molar-refractivity contribution is -0.298. The number of aromatic carboxylic acids is 1. The van der Waals surface area contributed by atoms with Crippen molar-refractivity contribution >= 4 is 12.1 Å². The van der Waals surface area contributed by atoms with E-state index in [9.17, 15) is 22.8 Å². The minimum atomic E-state index is -4.72. The predicted molar refractivity (Wildman–Crippen MR) is 143 cm³/mol. The van der Waals surface area contributed by atoms with Gasteiger partial charge in [0.2, 0.25) is 0 Å². The molecule has 1 aromatic rings. The van der Waals surface area contributed by atoms with E-state index in [2.05, 4.69) is 16.2 Å². The number of amides is 1. The van der Waals surface area contributed by atoms with Crippen molar-refractivity contribution in [2.75, 3.05) is 32.8 Å². The average molecular weight is 553 g/mol. The fourth-order valence-electron chi connectivity index (χ4n) is 3.89. The van der Waals surface area contributed by atoms with Gasteiger partial charge in [-0.05, 0) is 48.9 Å². The number of carboxylic acids is 1. The molecule has 1 N–H and O–H groups in total.